The highest BCUT2D eigenvalue weighted by atomic mass is 16.3. The van der Waals surface area contributed by atoms with Crippen LogP contribution < -0.4 is 0 Å². The smallest absolute Gasteiger partial charge is 0.133 e. The molecule has 1 aromatic heterocycles. The van der Waals surface area contributed by atoms with Crippen LogP contribution >= 0.6 is 0 Å². The van der Waals surface area contributed by atoms with Gasteiger partial charge in [-0.2, -0.15) is 0 Å². The van der Waals surface area contributed by atoms with Crippen molar-refractivity contribution in [2.45, 2.75) is 20.3 Å². The van der Waals surface area contributed by atoms with E-state index in [-0.39, 0.29) is 5.75 Å². The van der Waals surface area contributed by atoms with Crippen LogP contribution in [0.4, 0.5) is 0 Å². The highest BCUT2D eigenvalue weighted by molar-refractivity contribution is 5.53. The van der Waals surface area contributed by atoms with Gasteiger partial charge in [0.15, 0.2) is 0 Å². The van der Waals surface area contributed by atoms with Crippen molar-refractivity contribution in [2.75, 3.05) is 0 Å². The quantitative estimate of drug-likeness (QED) is 0.680. The molecule has 0 aliphatic heterocycles. The molecule has 1 heterocycles. The molecule has 12 heavy (non-hydrogen) atoms. The van der Waals surface area contributed by atoms with Crippen molar-refractivity contribution in [3.8, 4) is 5.75 Å². The number of carbonyl (C=O) groups excluding carboxylic acids is 1. The van der Waals surface area contributed by atoms with Gasteiger partial charge >= 0.3 is 0 Å². The Balaban J connectivity index is 0.000000561. The highest BCUT2D eigenvalue weighted by Gasteiger charge is 1.91. The van der Waals surface area contributed by atoms with E-state index in [0.717, 1.165) is 6.29 Å². The van der Waals surface area contributed by atoms with Crippen molar-refractivity contribution in [1.82, 2.24) is 4.98 Å². The monoisotopic (exact) mass is 167 g/mol. The van der Waals surface area contributed by atoms with Crippen molar-refractivity contribution in [2.24, 2.45) is 0 Å². The molecule has 0 atom stereocenters. The van der Waals surface area contributed by atoms with Gasteiger partial charge in [-0.15, -0.1) is 0 Å². The van der Waals surface area contributed by atoms with Crippen LogP contribution in [0.25, 0.3) is 0 Å². The highest BCUT2D eigenvalue weighted by Crippen LogP contribution is 2.05. The second-order valence-corrected chi connectivity index (χ2v) is 1.88. The van der Waals surface area contributed by atoms with Gasteiger partial charge in [0.1, 0.15) is 12.0 Å². The number of aromatic nitrogens is 1. The third kappa shape index (κ3) is 3.71. The minimum Gasteiger partial charge on any atom is -0.506 e. The first-order valence-electron chi connectivity index (χ1n) is 3.90. The van der Waals surface area contributed by atoms with E-state index in [1.54, 1.807) is 6.07 Å². The lowest BCUT2D eigenvalue weighted by atomic mass is 10.3. The summed E-state index contributed by atoms with van der Waals surface area (Å²) in [6.45, 7) is 4.00. The van der Waals surface area contributed by atoms with Crippen molar-refractivity contribution in [3.05, 3.63) is 24.0 Å². The number of pyridine rings is 1. The Kier molecular flexibility index (Phi) is 5.61. The molecule has 0 amide bonds. The number of hydrogen-bond acceptors (Lipinski definition) is 3. The Morgan fingerprint density at radius 3 is 2.58 bits per heavy atom. The lowest BCUT2D eigenvalue weighted by Crippen LogP contribution is -1.88. The molecule has 1 N–H and O–H groups in total. The summed E-state index contributed by atoms with van der Waals surface area (Å²) in [5.41, 5.74) is 0.674. The summed E-state index contributed by atoms with van der Waals surface area (Å²) in [5, 5.41) is 8.77. The summed E-state index contributed by atoms with van der Waals surface area (Å²) >= 11 is 0. The van der Waals surface area contributed by atoms with Crippen molar-refractivity contribution >= 4 is 6.29 Å². The van der Waals surface area contributed by atoms with E-state index < -0.39 is 0 Å². The molecule has 0 aliphatic rings. The number of rotatable bonds is 2. The fraction of sp³-hybridized carbons (Fsp3) is 0.333. The van der Waals surface area contributed by atoms with Crippen LogP contribution in [0, 0.1) is 0 Å². The van der Waals surface area contributed by atoms with Gasteiger partial charge in [-0.25, -0.2) is 0 Å². The molecule has 1 rings (SSSR count). The molecule has 0 unspecified atom stereocenters. The normalized spacial score (nSPS) is 8.17. The first-order valence-corrected chi connectivity index (χ1v) is 3.90. The predicted molar refractivity (Wildman–Crippen MR) is 47.0 cm³/mol. The number of hydrogen-bond donors (Lipinski definition) is 1. The summed E-state index contributed by atoms with van der Waals surface area (Å²) in [6, 6.07) is 3.12. The Morgan fingerprint density at radius 2 is 2.17 bits per heavy atom. The Hall–Kier alpha value is -1.38. The van der Waals surface area contributed by atoms with Crippen LogP contribution in [-0.2, 0) is 11.2 Å². The lowest BCUT2D eigenvalue weighted by Gasteiger charge is -1.92. The summed E-state index contributed by atoms with van der Waals surface area (Å²) < 4.78 is 0. The van der Waals surface area contributed by atoms with Crippen molar-refractivity contribution in [3.63, 3.8) is 0 Å². The maximum Gasteiger partial charge on any atom is 0.133 e. The average Bonchev–Trinajstić information content (AvgIpc) is 2.13. The topological polar surface area (TPSA) is 50.2 Å². The number of aldehydes is 1. The van der Waals surface area contributed by atoms with Gasteiger partial charge in [-0.05, 0) is 12.1 Å². The third-order valence-corrected chi connectivity index (χ3v) is 1.10. The molecular formula is C9H13NO2. The zero-order valence-corrected chi connectivity index (χ0v) is 7.32. The number of nitrogens with zero attached hydrogens (tertiary/aromatic N) is 1. The van der Waals surface area contributed by atoms with E-state index in [4.69, 9.17) is 5.11 Å². The van der Waals surface area contributed by atoms with Gasteiger partial charge in [0, 0.05) is 12.1 Å². The fourth-order valence-corrected chi connectivity index (χ4v) is 0.623. The van der Waals surface area contributed by atoms with Gasteiger partial charge < -0.3 is 9.90 Å². The van der Waals surface area contributed by atoms with Crippen LogP contribution in [0.2, 0.25) is 0 Å². The van der Waals surface area contributed by atoms with Crippen LogP contribution in [-0.4, -0.2) is 16.4 Å². The average molecular weight is 167 g/mol. The van der Waals surface area contributed by atoms with Gasteiger partial charge in [0.2, 0.25) is 0 Å². The number of carbonyl (C=O) groups is 1. The second kappa shape index (κ2) is 6.34. The minimum atomic E-state index is 0.120. The SMILES string of the molecule is CC.O=CCc1ccc(O)cn1. The van der Waals surface area contributed by atoms with Gasteiger partial charge in [-0.1, -0.05) is 13.8 Å². The van der Waals surface area contributed by atoms with Crippen molar-refractivity contribution < 1.29 is 9.90 Å². The van der Waals surface area contributed by atoms with E-state index in [1.165, 1.54) is 12.3 Å². The Bertz CT molecular complexity index is 218. The van der Waals surface area contributed by atoms with E-state index in [2.05, 4.69) is 4.98 Å². The molecular weight excluding hydrogens is 154 g/mol. The second-order valence-electron chi connectivity index (χ2n) is 1.88. The third-order valence-electron chi connectivity index (χ3n) is 1.10. The Labute approximate surface area is 72.1 Å². The van der Waals surface area contributed by atoms with Crippen LogP contribution in [0.1, 0.15) is 19.5 Å². The summed E-state index contributed by atoms with van der Waals surface area (Å²) in [5.74, 6) is 0.120. The lowest BCUT2D eigenvalue weighted by molar-refractivity contribution is -0.107. The summed E-state index contributed by atoms with van der Waals surface area (Å²) in [4.78, 5) is 13.7. The molecule has 0 aliphatic carbocycles. The molecule has 0 bridgehead atoms. The van der Waals surface area contributed by atoms with Gasteiger partial charge in [-0.3, -0.25) is 4.98 Å². The molecule has 0 fully saturated rings. The molecule has 0 saturated heterocycles. The molecule has 0 spiro atoms. The van der Waals surface area contributed by atoms with E-state index in [1.807, 2.05) is 13.8 Å². The predicted octanol–water partition coefficient (Wildman–Crippen LogP) is 1.55. The molecule has 3 nitrogen and oxygen atoms in total. The summed E-state index contributed by atoms with van der Waals surface area (Å²) in [6.07, 6.45) is 2.40. The molecule has 1 aromatic rings. The van der Waals surface area contributed by atoms with E-state index in [9.17, 15) is 4.79 Å². The molecule has 0 radical (unpaired) electrons. The largest absolute Gasteiger partial charge is 0.506 e. The maximum absolute atomic E-state index is 9.96. The Morgan fingerprint density at radius 1 is 1.50 bits per heavy atom. The summed E-state index contributed by atoms with van der Waals surface area (Å²) in [7, 11) is 0. The van der Waals surface area contributed by atoms with Crippen molar-refractivity contribution in [1.29, 1.82) is 0 Å². The molecule has 3 heteroatoms. The molecule has 0 saturated carbocycles. The van der Waals surface area contributed by atoms with E-state index >= 15 is 0 Å². The first kappa shape index (κ1) is 10.6. The molecule has 0 aromatic carbocycles. The zero-order chi connectivity index (χ0) is 9.40. The fourth-order valence-electron chi connectivity index (χ4n) is 0.623. The first-order chi connectivity index (χ1) is 5.83. The van der Waals surface area contributed by atoms with Crippen LogP contribution in [0.3, 0.4) is 0 Å². The van der Waals surface area contributed by atoms with E-state index in [0.29, 0.717) is 12.1 Å². The number of aromatic hydroxyl groups is 1. The minimum absolute atomic E-state index is 0.120. The standard InChI is InChI=1S/C7H7NO2.C2H6/c9-4-3-6-1-2-7(10)5-8-6;1-2/h1-2,4-5,10H,3H2;1-2H3. The maximum atomic E-state index is 9.96. The van der Waals surface area contributed by atoms with Gasteiger partial charge in [0.05, 0.1) is 6.20 Å². The van der Waals surface area contributed by atoms with Crippen LogP contribution in [0.5, 0.6) is 5.75 Å². The van der Waals surface area contributed by atoms with Crippen LogP contribution in [0.15, 0.2) is 18.3 Å². The molecule has 66 valence electrons. The zero-order valence-electron chi connectivity index (χ0n) is 7.32. The van der Waals surface area contributed by atoms with Gasteiger partial charge in [0.25, 0.3) is 0 Å².